The largest absolute Gasteiger partial charge is 0.379 e. The lowest BCUT2D eigenvalue weighted by molar-refractivity contribution is 0.257. The van der Waals surface area contributed by atoms with Gasteiger partial charge < -0.3 is 5.32 Å². The molecule has 1 N–H and O–H groups in total. The second-order valence-electron chi connectivity index (χ2n) is 5.60. The van der Waals surface area contributed by atoms with Crippen molar-refractivity contribution >= 4 is 21.6 Å². The Morgan fingerprint density at radius 3 is 2.68 bits per heavy atom. The monoisotopic (exact) mass is 330 g/mol. The number of likely N-dealkylation sites (tertiary alicyclic amines) is 1. The van der Waals surface area contributed by atoms with Crippen LogP contribution in [0.3, 0.4) is 0 Å². The lowest BCUT2D eigenvalue weighted by Crippen LogP contribution is -2.31. The Morgan fingerprint density at radius 2 is 2.00 bits per heavy atom. The molecule has 0 aromatic heterocycles. The summed E-state index contributed by atoms with van der Waals surface area (Å²) in [6.45, 7) is 3.13. The Labute approximate surface area is 120 Å². The number of hydrogen-bond acceptors (Lipinski definition) is 2. The molecule has 2 aliphatic rings. The summed E-state index contributed by atoms with van der Waals surface area (Å²) in [6.07, 6.45) is 3.53. The molecular formula is C14H17BrF2N2. The zero-order valence-electron chi connectivity index (χ0n) is 10.8. The van der Waals surface area contributed by atoms with Crippen LogP contribution < -0.4 is 5.32 Å². The van der Waals surface area contributed by atoms with Crippen LogP contribution in [0.1, 0.15) is 26.2 Å². The van der Waals surface area contributed by atoms with Crippen molar-refractivity contribution in [1.29, 1.82) is 0 Å². The molecule has 0 amide bonds. The summed E-state index contributed by atoms with van der Waals surface area (Å²) in [5.74, 6) is -0.847. The fraction of sp³-hybridized carbons (Fsp3) is 0.571. The highest BCUT2D eigenvalue weighted by molar-refractivity contribution is 9.10. The van der Waals surface area contributed by atoms with Crippen LogP contribution in [0.25, 0.3) is 0 Å². The zero-order valence-corrected chi connectivity index (χ0v) is 12.4. The quantitative estimate of drug-likeness (QED) is 0.849. The lowest BCUT2D eigenvalue weighted by Gasteiger charge is -2.20. The normalized spacial score (nSPS) is 27.8. The van der Waals surface area contributed by atoms with E-state index >= 15 is 0 Å². The van der Waals surface area contributed by atoms with Crippen LogP contribution in [0, 0.1) is 11.6 Å². The summed E-state index contributed by atoms with van der Waals surface area (Å²) in [4.78, 5) is 2.48. The molecule has 2 atom stereocenters. The van der Waals surface area contributed by atoms with Crippen molar-refractivity contribution < 1.29 is 8.78 Å². The van der Waals surface area contributed by atoms with Crippen LogP contribution in [0.2, 0.25) is 0 Å². The van der Waals surface area contributed by atoms with Crippen molar-refractivity contribution in [2.45, 2.75) is 44.3 Å². The fourth-order valence-electron chi connectivity index (χ4n) is 2.93. The summed E-state index contributed by atoms with van der Waals surface area (Å²) < 4.78 is 27.4. The molecule has 5 heteroatoms. The maximum atomic E-state index is 13.8. The van der Waals surface area contributed by atoms with Crippen LogP contribution in [-0.4, -0.2) is 29.6 Å². The van der Waals surface area contributed by atoms with Gasteiger partial charge in [-0.05, 0) is 48.2 Å². The summed E-state index contributed by atoms with van der Waals surface area (Å²) in [7, 11) is 0. The second-order valence-corrected chi connectivity index (χ2v) is 6.45. The predicted molar refractivity (Wildman–Crippen MR) is 75.3 cm³/mol. The molecule has 1 aromatic carbocycles. The first-order chi connectivity index (χ1) is 9.04. The standard InChI is InChI=1S/C14H17BrF2N2/c1-8-4-9(7-19(8)10-2-3-10)18-14-6-12(16)11(15)5-13(14)17/h5-6,8-10,18H,2-4,7H2,1H3. The number of anilines is 1. The summed E-state index contributed by atoms with van der Waals surface area (Å²) >= 11 is 2.99. The van der Waals surface area contributed by atoms with E-state index in [1.54, 1.807) is 0 Å². The molecule has 0 radical (unpaired) electrons. The third kappa shape index (κ3) is 2.77. The van der Waals surface area contributed by atoms with Crippen molar-refractivity contribution in [2.24, 2.45) is 0 Å². The summed E-state index contributed by atoms with van der Waals surface area (Å²) in [5.41, 5.74) is 0.260. The molecule has 19 heavy (non-hydrogen) atoms. The van der Waals surface area contributed by atoms with E-state index in [-0.39, 0.29) is 16.2 Å². The van der Waals surface area contributed by atoms with E-state index in [1.165, 1.54) is 25.0 Å². The molecule has 1 aromatic rings. The average Bonchev–Trinajstić information content (AvgIpc) is 3.11. The van der Waals surface area contributed by atoms with Crippen LogP contribution in [-0.2, 0) is 0 Å². The SMILES string of the molecule is CC1CC(Nc2cc(F)c(Br)cc2F)CN1C1CC1. The first-order valence-corrected chi connectivity index (χ1v) is 7.50. The van der Waals surface area contributed by atoms with Crippen LogP contribution in [0.4, 0.5) is 14.5 Å². The number of nitrogens with zero attached hydrogens (tertiary/aromatic N) is 1. The van der Waals surface area contributed by atoms with Gasteiger partial charge in [-0.2, -0.15) is 0 Å². The van der Waals surface area contributed by atoms with Crippen molar-refractivity contribution in [1.82, 2.24) is 4.90 Å². The zero-order chi connectivity index (χ0) is 13.6. The molecule has 1 heterocycles. The Balaban J connectivity index is 1.70. The minimum absolute atomic E-state index is 0.162. The third-order valence-corrected chi connectivity index (χ3v) is 4.62. The van der Waals surface area contributed by atoms with Gasteiger partial charge in [0.2, 0.25) is 0 Å². The molecule has 0 spiro atoms. The Hall–Kier alpha value is -0.680. The van der Waals surface area contributed by atoms with Gasteiger partial charge in [0.15, 0.2) is 0 Å². The molecule has 2 nitrogen and oxygen atoms in total. The van der Waals surface area contributed by atoms with Crippen LogP contribution >= 0.6 is 15.9 Å². The minimum atomic E-state index is -0.436. The maximum Gasteiger partial charge on any atom is 0.147 e. The van der Waals surface area contributed by atoms with Gasteiger partial charge in [0.05, 0.1) is 10.2 Å². The topological polar surface area (TPSA) is 15.3 Å². The van der Waals surface area contributed by atoms with Gasteiger partial charge in [-0.15, -0.1) is 0 Å². The van der Waals surface area contributed by atoms with E-state index in [1.807, 2.05) is 0 Å². The lowest BCUT2D eigenvalue weighted by atomic mass is 10.2. The van der Waals surface area contributed by atoms with Crippen molar-refractivity contribution in [3.05, 3.63) is 28.2 Å². The highest BCUT2D eigenvalue weighted by atomic mass is 79.9. The third-order valence-electron chi connectivity index (χ3n) is 4.01. The average molecular weight is 331 g/mol. The van der Waals surface area contributed by atoms with Gasteiger partial charge in [-0.25, -0.2) is 8.78 Å². The van der Waals surface area contributed by atoms with Gasteiger partial charge in [0.1, 0.15) is 11.6 Å². The molecule has 1 saturated heterocycles. The Bertz CT molecular complexity index is 491. The van der Waals surface area contributed by atoms with Crippen LogP contribution in [0.5, 0.6) is 0 Å². The van der Waals surface area contributed by atoms with Crippen LogP contribution in [0.15, 0.2) is 16.6 Å². The molecule has 0 bridgehead atoms. The molecule has 3 rings (SSSR count). The number of hydrogen-bond donors (Lipinski definition) is 1. The van der Waals surface area contributed by atoms with E-state index < -0.39 is 11.6 Å². The number of halogens is 3. The minimum Gasteiger partial charge on any atom is -0.379 e. The van der Waals surface area contributed by atoms with Gasteiger partial charge in [-0.1, -0.05) is 0 Å². The van der Waals surface area contributed by atoms with Crippen molar-refractivity contribution in [2.75, 3.05) is 11.9 Å². The maximum absolute atomic E-state index is 13.8. The summed E-state index contributed by atoms with van der Waals surface area (Å²) in [6, 6.07) is 3.84. The van der Waals surface area contributed by atoms with E-state index in [0.29, 0.717) is 12.1 Å². The number of rotatable bonds is 3. The summed E-state index contributed by atoms with van der Waals surface area (Å²) in [5, 5.41) is 3.14. The molecule has 1 saturated carbocycles. The smallest absolute Gasteiger partial charge is 0.147 e. The fourth-order valence-corrected chi connectivity index (χ4v) is 3.24. The van der Waals surface area contributed by atoms with Gasteiger partial charge >= 0.3 is 0 Å². The number of benzene rings is 1. The Kier molecular flexibility index (Phi) is 3.52. The van der Waals surface area contributed by atoms with E-state index in [2.05, 4.69) is 33.1 Å². The Morgan fingerprint density at radius 1 is 1.26 bits per heavy atom. The van der Waals surface area contributed by atoms with Crippen molar-refractivity contribution in [3.8, 4) is 0 Å². The van der Waals surface area contributed by atoms with Gasteiger partial charge in [0.25, 0.3) is 0 Å². The van der Waals surface area contributed by atoms with E-state index in [4.69, 9.17) is 0 Å². The first-order valence-electron chi connectivity index (χ1n) is 6.71. The molecule has 1 aliphatic heterocycles. The van der Waals surface area contributed by atoms with Gasteiger partial charge in [0, 0.05) is 30.7 Å². The molecular weight excluding hydrogens is 314 g/mol. The highest BCUT2D eigenvalue weighted by Gasteiger charge is 2.38. The van der Waals surface area contributed by atoms with Crippen molar-refractivity contribution in [3.63, 3.8) is 0 Å². The number of nitrogens with one attached hydrogen (secondary N) is 1. The molecule has 104 valence electrons. The molecule has 2 fully saturated rings. The molecule has 2 unspecified atom stereocenters. The van der Waals surface area contributed by atoms with E-state index in [9.17, 15) is 8.78 Å². The molecule has 1 aliphatic carbocycles. The first kappa shape index (κ1) is 13.3. The van der Waals surface area contributed by atoms with Gasteiger partial charge in [-0.3, -0.25) is 4.90 Å². The highest BCUT2D eigenvalue weighted by Crippen LogP contribution is 2.34. The predicted octanol–water partition coefficient (Wildman–Crippen LogP) is 3.76. The van der Waals surface area contributed by atoms with E-state index in [0.717, 1.165) is 13.0 Å². The second kappa shape index (κ2) is 5.02.